The molecule has 0 bridgehead atoms. The Morgan fingerprint density at radius 1 is 0.917 bits per heavy atom. The van der Waals surface area contributed by atoms with Crippen molar-refractivity contribution in [3.8, 4) is 17.1 Å². The van der Waals surface area contributed by atoms with E-state index < -0.39 is 0 Å². The van der Waals surface area contributed by atoms with Crippen LogP contribution in [0.15, 0.2) is 49.3 Å². The molecular formula is C30H42N2O4. The summed E-state index contributed by atoms with van der Waals surface area (Å²) in [6, 6.07) is 8.20. The molecule has 1 aromatic heterocycles. The first kappa shape index (κ1) is 29.2. The fourth-order valence-corrected chi connectivity index (χ4v) is 4.07. The van der Waals surface area contributed by atoms with E-state index in [0.717, 1.165) is 56.9 Å². The molecule has 2 rings (SSSR count). The van der Waals surface area contributed by atoms with E-state index in [9.17, 15) is 9.59 Å². The summed E-state index contributed by atoms with van der Waals surface area (Å²) in [6.45, 7) is 7.12. The van der Waals surface area contributed by atoms with Crippen LogP contribution in [-0.2, 0) is 20.7 Å². The standard InChI is InChI=1S/C30H42N2O4/c1-4-5-6-7-8-9-10-11-12-17-29(34)36-28-22-31-30(32-23-28)27-20-18-26(19-21-27)16-14-13-15-24(2)35-25(3)33/h4,18-24H,1,5-17H2,2-3H3. The van der Waals surface area contributed by atoms with Crippen molar-refractivity contribution >= 4 is 11.9 Å². The number of nitrogens with zero attached hydrogens (tertiary/aromatic N) is 2. The maximum absolute atomic E-state index is 12.1. The largest absolute Gasteiger partial charge is 0.463 e. The first-order valence-electron chi connectivity index (χ1n) is 13.4. The Labute approximate surface area is 216 Å². The van der Waals surface area contributed by atoms with E-state index in [1.165, 1.54) is 38.2 Å². The van der Waals surface area contributed by atoms with Gasteiger partial charge in [-0.25, -0.2) is 9.97 Å². The highest BCUT2D eigenvalue weighted by molar-refractivity contribution is 5.72. The molecule has 1 aromatic carbocycles. The van der Waals surface area contributed by atoms with Crippen molar-refractivity contribution < 1.29 is 19.1 Å². The molecule has 196 valence electrons. The summed E-state index contributed by atoms with van der Waals surface area (Å²) >= 11 is 0. The summed E-state index contributed by atoms with van der Waals surface area (Å²) in [7, 11) is 0. The molecule has 0 fully saturated rings. The second-order valence-electron chi connectivity index (χ2n) is 9.38. The fourth-order valence-electron chi connectivity index (χ4n) is 4.07. The molecule has 36 heavy (non-hydrogen) atoms. The minimum Gasteiger partial charge on any atom is -0.463 e. The van der Waals surface area contributed by atoms with Gasteiger partial charge in [0, 0.05) is 18.9 Å². The summed E-state index contributed by atoms with van der Waals surface area (Å²) in [5, 5.41) is 0. The van der Waals surface area contributed by atoms with Crippen LogP contribution in [-0.4, -0.2) is 28.0 Å². The molecule has 6 nitrogen and oxygen atoms in total. The fraction of sp³-hybridized carbons (Fsp3) is 0.533. The van der Waals surface area contributed by atoms with Crippen LogP contribution in [0.2, 0.25) is 0 Å². The molecule has 0 aliphatic rings. The van der Waals surface area contributed by atoms with Gasteiger partial charge in [-0.3, -0.25) is 9.59 Å². The first-order valence-corrected chi connectivity index (χ1v) is 13.4. The Bertz CT molecular complexity index is 910. The summed E-state index contributed by atoms with van der Waals surface area (Å²) in [5.74, 6) is 0.526. The molecule has 1 heterocycles. The van der Waals surface area contributed by atoms with Crippen molar-refractivity contribution in [2.45, 2.75) is 103 Å². The van der Waals surface area contributed by atoms with Crippen molar-refractivity contribution in [2.75, 3.05) is 0 Å². The van der Waals surface area contributed by atoms with Gasteiger partial charge in [0.05, 0.1) is 18.5 Å². The Kier molecular flexibility index (Phi) is 14.1. The van der Waals surface area contributed by atoms with Crippen molar-refractivity contribution in [3.63, 3.8) is 0 Å². The second kappa shape index (κ2) is 17.4. The third-order valence-electron chi connectivity index (χ3n) is 6.05. The van der Waals surface area contributed by atoms with Crippen LogP contribution in [0.1, 0.15) is 96.5 Å². The zero-order valence-electron chi connectivity index (χ0n) is 22.0. The van der Waals surface area contributed by atoms with Crippen LogP contribution in [0.4, 0.5) is 0 Å². The highest BCUT2D eigenvalue weighted by Gasteiger charge is 2.08. The number of allylic oxidation sites excluding steroid dienone is 1. The molecule has 1 unspecified atom stereocenters. The minimum absolute atomic E-state index is 0.0308. The van der Waals surface area contributed by atoms with Crippen LogP contribution >= 0.6 is 0 Å². The molecular weight excluding hydrogens is 452 g/mol. The van der Waals surface area contributed by atoms with Gasteiger partial charge in [0.2, 0.25) is 0 Å². The average Bonchev–Trinajstić information content (AvgIpc) is 2.86. The van der Waals surface area contributed by atoms with E-state index in [2.05, 4.69) is 28.7 Å². The Hall–Kier alpha value is -3.02. The Morgan fingerprint density at radius 3 is 2.19 bits per heavy atom. The van der Waals surface area contributed by atoms with Gasteiger partial charge in [-0.1, -0.05) is 62.4 Å². The predicted molar refractivity (Wildman–Crippen MR) is 144 cm³/mol. The molecule has 0 saturated heterocycles. The molecule has 0 radical (unpaired) electrons. The monoisotopic (exact) mass is 494 g/mol. The number of benzene rings is 1. The Morgan fingerprint density at radius 2 is 1.56 bits per heavy atom. The van der Waals surface area contributed by atoms with E-state index in [4.69, 9.17) is 9.47 Å². The van der Waals surface area contributed by atoms with E-state index in [1.54, 1.807) is 12.4 Å². The van der Waals surface area contributed by atoms with Crippen LogP contribution in [0.5, 0.6) is 5.75 Å². The van der Waals surface area contributed by atoms with Gasteiger partial charge in [-0.05, 0) is 57.4 Å². The average molecular weight is 495 g/mol. The number of rotatable bonds is 18. The van der Waals surface area contributed by atoms with Crippen molar-refractivity contribution in [3.05, 3.63) is 54.9 Å². The number of aryl methyl sites for hydroxylation is 1. The normalized spacial score (nSPS) is 11.6. The van der Waals surface area contributed by atoms with Gasteiger partial charge in [0.15, 0.2) is 11.6 Å². The number of aromatic nitrogens is 2. The lowest BCUT2D eigenvalue weighted by atomic mass is 10.0. The molecule has 0 aliphatic carbocycles. The van der Waals surface area contributed by atoms with E-state index in [0.29, 0.717) is 18.0 Å². The highest BCUT2D eigenvalue weighted by atomic mass is 16.5. The number of hydrogen-bond donors (Lipinski definition) is 0. The molecule has 0 N–H and O–H groups in total. The zero-order chi connectivity index (χ0) is 26.0. The predicted octanol–water partition coefficient (Wildman–Crippen LogP) is 7.41. The quantitative estimate of drug-likeness (QED) is 0.122. The Balaban J connectivity index is 1.65. The lowest BCUT2D eigenvalue weighted by Crippen LogP contribution is -2.11. The molecule has 0 saturated carbocycles. The number of carbonyl (C=O) groups excluding carboxylic acids is 2. The van der Waals surface area contributed by atoms with Gasteiger partial charge in [-0.2, -0.15) is 0 Å². The number of ether oxygens (including phenoxy) is 2. The van der Waals surface area contributed by atoms with E-state index in [-0.39, 0.29) is 18.0 Å². The van der Waals surface area contributed by atoms with E-state index in [1.807, 2.05) is 25.1 Å². The summed E-state index contributed by atoms with van der Waals surface area (Å²) in [4.78, 5) is 31.8. The maximum Gasteiger partial charge on any atom is 0.311 e. The van der Waals surface area contributed by atoms with Crippen molar-refractivity contribution in [2.24, 2.45) is 0 Å². The summed E-state index contributed by atoms with van der Waals surface area (Å²) in [6.07, 6.45) is 18.5. The van der Waals surface area contributed by atoms with Crippen molar-refractivity contribution in [1.82, 2.24) is 9.97 Å². The van der Waals surface area contributed by atoms with Crippen LogP contribution in [0.3, 0.4) is 0 Å². The van der Waals surface area contributed by atoms with Crippen molar-refractivity contribution in [1.29, 1.82) is 0 Å². The minimum atomic E-state index is -0.232. The SMILES string of the molecule is C=CCCCCCCCCCC(=O)Oc1cnc(-c2ccc(CCCCC(C)OC(C)=O)cc2)nc1. The van der Waals surface area contributed by atoms with Gasteiger partial charge in [0.1, 0.15) is 0 Å². The number of carbonyl (C=O) groups is 2. The van der Waals surface area contributed by atoms with Crippen LogP contribution < -0.4 is 4.74 Å². The third-order valence-corrected chi connectivity index (χ3v) is 6.05. The molecule has 0 aliphatic heterocycles. The van der Waals surface area contributed by atoms with Gasteiger partial charge in [-0.15, -0.1) is 6.58 Å². The second-order valence-corrected chi connectivity index (χ2v) is 9.38. The third kappa shape index (κ3) is 12.6. The number of esters is 2. The smallest absolute Gasteiger partial charge is 0.311 e. The maximum atomic E-state index is 12.1. The lowest BCUT2D eigenvalue weighted by molar-refractivity contribution is -0.145. The van der Waals surface area contributed by atoms with Gasteiger partial charge >= 0.3 is 11.9 Å². The summed E-state index contributed by atoms with van der Waals surface area (Å²) < 4.78 is 10.5. The summed E-state index contributed by atoms with van der Waals surface area (Å²) in [5.41, 5.74) is 2.17. The molecule has 6 heteroatoms. The highest BCUT2D eigenvalue weighted by Crippen LogP contribution is 2.19. The van der Waals surface area contributed by atoms with Gasteiger partial charge < -0.3 is 9.47 Å². The lowest BCUT2D eigenvalue weighted by Gasteiger charge is -2.11. The van der Waals surface area contributed by atoms with Crippen LogP contribution in [0, 0.1) is 0 Å². The van der Waals surface area contributed by atoms with E-state index >= 15 is 0 Å². The topological polar surface area (TPSA) is 78.4 Å². The van der Waals surface area contributed by atoms with Crippen LogP contribution in [0.25, 0.3) is 11.4 Å². The van der Waals surface area contributed by atoms with Gasteiger partial charge in [0.25, 0.3) is 0 Å². The molecule has 1 atom stereocenters. The molecule has 0 amide bonds. The first-order chi connectivity index (χ1) is 17.5. The number of hydrogen-bond acceptors (Lipinski definition) is 6. The number of unbranched alkanes of at least 4 members (excludes halogenated alkanes) is 8. The molecule has 2 aromatic rings. The molecule has 0 spiro atoms. The zero-order valence-corrected chi connectivity index (χ0v) is 22.0.